The van der Waals surface area contributed by atoms with Crippen LogP contribution in [0, 0.1) is 33.5 Å². The SMILES string of the molecule is CC1(c2ccccc2)[C@]2(C#N)C(=O)NC(=O)[C@]12C#N. The van der Waals surface area contributed by atoms with Crippen molar-refractivity contribution in [2.45, 2.75) is 12.3 Å². The Hall–Kier alpha value is -2.66. The summed E-state index contributed by atoms with van der Waals surface area (Å²) in [6.07, 6.45) is 0. The molecule has 0 bridgehead atoms. The van der Waals surface area contributed by atoms with Crippen LogP contribution >= 0.6 is 0 Å². The summed E-state index contributed by atoms with van der Waals surface area (Å²) in [6, 6.07) is 12.6. The van der Waals surface area contributed by atoms with Crippen molar-refractivity contribution in [2.75, 3.05) is 0 Å². The summed E-state index contributed by atoms with van der Waals surface area (Å²) < 4.78 is 0. The Kier molecular flexibility index (Phi) is 1.81. The highest BCUT2D eigenvalue weighted by Gasteiger charge is 2.97. The lowest BCUT2D eigenvalue weighted by atomic mass is 9.85. The van der Waals surface area contributed by atoms with Crippen LogP contribution in [0.25, 0.3) is 0 Å². The van der Waals surface area contributed by atoms with Gasteiger partial charge in [-0.1, -0.05) is 37.3 Å². The summed E-state index contributed by atoms with van der Waals surface area (Å²) in [6.45, 7) is 1.63. The lowest BCUT2D eigenvalue weighted by molar-refractivity contribution is -0.129. The number of carbonyl (C=O) groups is 2. The third-order valence-electron chi connectivity index (χ3n) is 4.59. The zero-order valence-electron chi connectivity index (χ0n) is 10.1. The second-order valence-corrected chi connectivity index (χ2v) is 5.00. The summed E-state index contributed by atoms with van der Waals surface area (Å²) >= 11 is 0. The number of benzene rings is 1. The van der Waals surface area contributed by atoms with E-state index in [-0.39, 0.29) is 0 Å². The third-order valence-corrected chi connectivity index (χ3v) is 4.59. The van der Waals surface area contributed by atoms with Gasteiger partial charge >= 0.3 is 0 Å². The van der Waals surface area contributed by atoms with E-state index in [1.165, 1.54) is 0 Å². The number of nitrogens with one attached hydrogen (secondary N) is 1. The summed E-state index contributed by atoms with van der Waals surface area (Å²) in [5.74, 6) is -1.35. The lowest BCUT2D eigenvalue weighted by Gasteiger charge is -2.18. The largest absolute Gasteiger partial charge is 0.293 e. The number of carbonyl (C=O) groups excluding carboxylic acids is 2. The number of amides is 2. The molecule has 2 fully saturated rings. The number of imide groups is 1. The van der Waals surface area contributed by atoms with Crippen molar-refractivity contribution in [3.05, 3.63) is 35.9 Å². The van der Waals surface area contributed by atoms with Crippen molar-refractivity contribution < 1.29 is 9.59 Å². The summed E-state index contributed by atoms with van der Waals surface area (Å²) in [5, 5.41) is 21.0. The van der Waals surface area contributed by atoms with Crippen LogP contribution in [0.15, 0.2) is 30.3 Å². The number of hydrogen-bond donors (Lipinski definition) is 1. The van der Waals surface area contributed by atoms with Gasteiger partial charge in [0, 0.05) is 0 Å². The fourth-order valence-corrected chi connectivity index (χ4v) is 3.50. The maximum absolute atomic E-state index is 12.0. The van der Waals surface area contributed by atoms with Crippen molar-refractivity contribution in [3.63, 3.8) is 0 Å². The molecule has 1 aliphatic heterocycles. The summed E-state index contributed by atoms with van der Waals surface area (Å²) in [4.78, 5) is 24.1. The Bertz CT molecular complexity index is 660. The molecule has 1 N–H and O–H groups in total. The van der Waals surface area contributed by atoms with Gasteiger partial charge < -0.3 is 0 Å². The standard InChI is InChI=1S/C14H9N3O2/c1-12(9-5-3-2-4-6-9)13(7-15)10(18)17-11(19)14(12,13)8-16/h2-6H,1H3,(H,17,18,19)/t12?,13-,14+. The second kappa shape index (κ2) is 3.02. The minimum absolute atomic E-state index is 0.654. The van der Waals surface area contributed by atoms with Gasteiger partial charge in [-0.25, -0.2) is 0 Å². The average Bonchev–Trinajstić information content (AvgIpc) is 2.85. The molecule has 2 amide bonds. The third kappa shape index (κ3) is 0.802. The van der Waals surface area contributed by atoms with Crippen molar-refractivity contribution in [1.82, 2.24) is 5.32 Å². The second-order valence-electron chi connectivity index (χ2n) is 5.00. The predicted molar refractivity (Wildman–Crippen MR) is 63.0 cm³/mol. The van der Waals surface area contributed by atoms with Crippen molar-refractivity contribution in [2.24, 2.45) is 10.8 Å². The maximum atomic E-state index is 12.0. The van der Waals surface area contributed by atoms with Crippen molar-refractivity contribution >= 4 is 11.8 Å². The highest BCUT2D eigenvalue weighted by molar-refractivity contribution is 6.20. The first-order chi connectivity index (χ1) is 9.03. The molecular formula is C14H9N3O2. The molecule has 2 aliphatic rings. The summed E-state index contributed by atoms with van der Waals surface area (Å²) in [5.41, 5.74) is -3.67. The molecule has 1 aliphatic carbocycles. The Labute approximate surface area is 109 Å². The Morgan fingerprint density at radius 3 is 1.89 bits per heavy atom. The Morgan fingerprint density at radius 2 is 1.47 bits per heavy atom. The van der Waals surface area contributed by atoms with Crippen LogP contribution in [0.3, 0.4) is 0 Å². The highest BCUT2D eigenvalue weighted by Crippen LogP contribution is 2.80. The topological polar surface area (TPSA) is 93.8 Å². The van der Waals surface area contributed by atoms with E-state index >= 15 is 0 Å². The van der Waals surface area contributed by atoms with Gasteiger partial charge in [0.2, 0.25) is 11.8 Å². The van der Waals surface area contributed by atoms with Crippen LogP contribution in [0.1, 0.15) is 12.5 Å². The first-order valence-corrected chi connectivity index (χ1v) is 5.77. The molecule has 1 heterocycles. The quantitative estimate of drug-likeness (QED) is 0.741. The van der Waals surface area contributed by atoms with E-state index in [4.69, 9.17) is 0 Å². The van der Waals surface area contributed by atoms with Crippen LogP contribution in [0.2, 0.25) is 0 Å². The average molecular weight is 251 g/mol. The molecule has 3 atom stereocenters. The van der Waals surface area contributed by atoms with E-state index in [1.807, 2.05) is 12.1 Å². The number of nitrogens with zero attached hydrogens (tertiary/aromatic N) is 2. The van der Waals surface area contributed by atoms with Crippen molar-refractivity contribution in [3.8, 4) is 12.1 Å². The van der Waals surface area contributed by atoms with Crippen LogP contribution in [0.4, 0.5) is 0 Å². The molecule has 1 unspecified atom stereocenters. The molecule has 92 valence electrons. The zero-order chi connectivity index (χ0) is 13.9. The maximum Gasteiger partial charge on any atom is 0.250 e. The fraction of sp³-hybridized carbons (Fsp3) is 0.286. The minimum Gasteiger partial charge on any atom is -0.293 e. The van der Waals surface area contributed by atoms with Crippen molar-refractivity contribution in [1.29, 1.82) is 10.5 Å². The summed E-state index contributed by atoms with van der Waals surface area (Å²) in [7, 11) is 0. The van der Waals surface area contributed by atoms with Gasteiger partial charge in [-0.05, 0) is 5.56 Å². The zero-order valence-corrected chi connectivity index (χ0v) is 10.1. The van der Waals surface area contributed by atoms with Gasteiger partial charge in [-0.15, -0.1) is 0 Å². The molecular weight excluding hydrogens is 242 g/mol. The normalized spacial score (nSPS) is 38.9. The van der Waals surface area contributed by atoms with E-state index in [2.05, 4.69) is 5.32 Å². The molecule has 3 rings (SSSR count). The predicted octanol–water partition coefficient (Wildman–Crippen LogP) is 0.634. The van der Waals surface area contributed by atoms with Crippen LogP contribution in [-0.4, -0.2) is 11.8 Å². The molecule has 19 heavy (non-hydrogen) atoms. The molecule has 1 aromatic rings. The molecule has 1 aromatic carbocycles. The molecule has 5 nitrogen and oxygen atoms in total. The van der Waals surface area contributed by atoms with Gasteiger partial charge in [-0.2, -0.15) is 10.5 Å². The van der Waals surface area contributed by atoms with Gasteiger partial charge in [0.05, 0.1) is 17.6 Å². The van der Waals surface area contributed by atoms with Crippen LogP contribution < -0.4 is 5.32 Å². The number of piperidine rings is 1. The minimum atomic E-state index is -1.62. The van der Waals surface area contributed by atoms with Crippen LogP contribution in [-0.2, 0) is 15.0 Å². The molecule has 0 radical (unpaired) electrons. The number of nitriles is 2. The molecule has 1 saturated carbocycles. The molecule has 5 heteroatoms. The first-order valence-electron chi connectivity index (χ1n) is 5.77. The van der Waals surface area contributed by atoms with Crippen LogP contribution in [0.5, 0.6) is 0 Å². The van der Waals surface area contributed by atoms with E-state index in [0.29, 0.717) is 5.56 Å². The number of fused-ring (bicyclic) bond motifs is 1. The van der Waals surface area contributed by atoms with Gasteiger partial charge in [0.25, 0.3) is 0 Å². The number of rotatable bonds is 1. The van der Waals surface area contributed by atoms with Gasteiger partial charge in [0.1, 0.15) is 0 Å². The van der Waals surface area contributed by atoms with E-state index in [0.717, 1.165) is 0 Å². The molecule has 0 aromatic heterocycles. The van der Waals surface area contributed by atoms with E-state index < -0.39 is 28.1 Å². The lowest BCUT2D eigenvalue weighted by Crippen LogP contribution is -2.38. The van der Waals surface area contributed by atoms with E-state index in [9.17, 15) is 20.1 Å². The molecule has 0 spiro atoms. The smallest absolute Gasteiger partial charge is 0.250 e. The Morgan fingerprint density at radius 1 is 1.00 bits per heavy atom. The molecule has 1 saturated heterocycles. The van der Waals surface area contributed by atoms with E-state index in [1.54, 1.807) is 37.3 Å². The highest BCUT2D eigenvalue weighted by atomic mass is 16.2. The first kappa shape index (κ1) is 11.4. The number of hydrogen-bond acceptors (Lipinski definition) is 4. The Balaban J connectivity index is 2.32. The van der Waals surface area contributed by atoms with Gasteiger partial charge in [0.15, 0.2) is 10.8 Å². The monoisotopic (exact) mass is 251 g/mol. The van der Waals surface area contributed by atoms with Gasteiger partial charge in [-0.3, -0.25) is 14.9 Å². The fourth-order valence-electron chi connectivity index (χ4n) is 3.50.